The minimum atomic E-state index is 0.482. The highest BCUT2D eigenvalue weighted by molar-refractivity contribution is 6.43. The van der Waals surface area contributed by atoms with Gasteiger partial charge in [-0.1, -0.05) is 29.3 Å². The molecule has 0 unspecified atom stereocenters. The van der Waals surface area contributed by atoms with Crippen LogP contribution in [0.1, 0.15) is 5.56 Å². The molecule has 0 heterocycles. The minimum Gasteiger partial charge on any atom is -0.495 e. The van der Waals surface area contributed by atoms with Gasteiger partial charge in [0, 0.05) is 13.2 Å². The molecule has 0 saturated heterocycles. The molecule has 0 aliphatic heterocycles. The van der Waals surface area contributed by atoms with Gasteiger partial charge in [-0.3, -0.25) is 0 Å². The summed E-state index contributed by atoms with van der Waals surface area (Å²) in [5.74, 6) is 0.610. The van der Waals surface area contributed by atoms with Gasteiger partial charge in [-0.25, -0.2) is 0 Å². The highest BCUT2D eigenvalue weighted by Crippen LogP contribution is 2.34. The lowest BCUT2D eigenvalue weighted by atomic mass is 10.1. The number of ether oxygens (including phenoxy) is 1. The predicted octanol–water partition coefficient (Wildman–Crippen LogP) is 2.31. The number of halogens is 2. The van der Waals surface area contributed by atoms with Gasteiger partial charge in [-0.15, -0.1) is 0 Å². The van der Waals surface area contributed by atoms with Crippen molar-refractivity contribution in [3.63, 3.8) is 0 Å². The molecule has 0 aliphatic carbocycles. The fraction of sp³-hybridized carbons (Fsp3) is 0.455. The SMILES string of the molecule is CNCNCCc1ccc(OC)c(Cl)c1Cl. The predicted molar refractivity (Wildman–Crippen MR) is 68.6 cm³/mol. The Morgan fingerprint density at radius 2 is 2.00 bits per heavy atom. The van der Waals surface area contributed by atoms with Crippen LogP contribution in [0.4, 0.5) is 0 Å². The maximum atomic E-state index is 6.13. The van der Waals surface area contributed by atoms with Crippen LogP contribution in [0, 0.1) is 0 Å². The highest BCUT2D eigenvalue weighted by atomic mass is 35.5. The van der Waals surface area contributed by atoms with Crippen LogP contribution in [-0.2, 0) is 6.42 Å². The number of benzene rings is 1. The Hall–Kier alpha value is -0.480. The lowest BCUT2D eigenvalue weighted by Crippen LogP contribution is -2.27. The van der Waals surface area contributed by atoms with E-state index in [1.54, 1.807) is 7.11 Å². The molecule has 3 nitrogen and oxygen atoms in total. The van der Waals surface area contributed by atoms with Gasteiger partial charge in [0.05, 0.1) is 12.1 Å². The van der Waals surface area contributed by atoms with Gasteiger partial charge in [-0.2, -0.15) is 0 Å². The molecule has 0 amide bonds. The van der Waals surface area contributed by atoms with E-state index in [-0.39, 0.29) is 0 Å². The zero-order chi connectivity index (χ0) is 12.0. The Bertz CT molecular complexity index is 345. The lowest BCUT2D eigenvalue weighted by molar-refractivity contribution is 0.415. The molecule has 5 heteroatoms. The fourth-order valence-electron chi connectivity index (χ4n) is 1.36. The van der Waals surface area contributed by atoms with Gasteiger partial charge in [-0.05, 0) is 25.1 Å². The van der Waals surface area contributed by atoms with E-state index >= 15 is 0 Å². The van der Waals surface area contributed by atoms with Crippen LogP contribution >= 0.6 is 23.2 Å². The first-order chi connectivity index (χ1) is 7.70. The standard InChI is InChI=1S/C11H16Cl2N2O/c1-14-7-15-6-5-8-3-4-9(16-2)11(13)10(8)12/h3-4,14-15H,5-7H2,1-2H3. The minimum absolute atomic E-state index is 0.482. The van der Waals surface area contributed by atoms with E-state index in [2.05, 4.69) is 10.6 Å². The topological polar surface area (TPSA) is 33.3 Å². The molecule has 0 atom stereocenters. The number of methoxy groups -OCH3 is 1. The van der Waals surface area contributed by atoms with E-state index in [1.807, 2.05) is 19.2 Å². The summed E-state index contributed by atoms with van der Waals surface area (Å²) >= 11 is 12.2. The summed E-state index contributed by atoms with van der Waals surface area (Å²) in [6, 6.07) is 3.77. The Balaban J connectivity index is 2.64. The Labute approximate surface area is 106 Å². The summed E-state index contributed by atoms with van der Waals surface area (Å²) in [5, 5.41) is 7.28. The van der Waals surface area contributed by atoms with Gasteiger partial charge in [0.25, 0.3) is 0 Å². The monoisotopic (exact) mass is 262 g/mol. The van der Waals surface area contributed by atoms with E-state index in [0.29, 0.717) is 15.8 Å². The largest absolute Gasteiger partial charge is 0.495 e. The molecule has 0 saturated carbocycles. The second-order valence-corrected chi connectivity index (χ2v) is 4.09. The van der Waals surface area contributed by atoms with Crippen molar-refractivity contribution in [2.75, 3.05) is 27.4 Å². The first kappa shape index (κ1) is 13.6. The summed E-state index contributed by atoms with van der Waals surface area (Å²) in [6.45, 7) is 1.63. The molecule has 16 heavy (non-hydrogen) atoms. The third-order valence-electron chi connectivity index (χ3n) is 2.22. The second-order valence-electron chi connectivity index (χ2n) is 3.34. The van der Waals surface area contributed by atoms with Gasteiger partial charge < -0.3 is 15.4 Å². The molecule has 0 radical (unpaired) electrons. The summed E-state index contributed by atoms with van der Waals surface area (Å²) in [4.78, 5) is 0. The summed E-state index contributed by atoms with van der Waals surface area (Å²) in [7, 11) is 3.47. The third kappa shape index (κ3) is 3.52. The molecule has 0 spiro atoms. The number of rotatable bonds is 6. The van der Waals surface area contributed by atoms with Crippen LogP contribution in [-0.4, -0.2) is 27.4 Å². The van der Waals surface area contributed by atoms with Crippen LogP contribution in [0.3, 0.4) is 0 Å². The first-order valence-corrected chi connectivity index (χ1v) is 5.82. The van der Waals surface area contributed by atoms with Gasteiger partial charge in [0.2, 0.25) is 0 Å². The Morgan fingerprint density at radius 1 is 1.25 bits per heavy atom. The first-order valence-electron chi connectivity index (χ1n) is 5.07. The maximum absolute atomic E-state index is 6.13. The lowest BCUT2D eigenvalue weighted by Gasteiger charge is -2.10. The Kier molecular flexibility index (Phi) is 5.91. The molecular formula is C11H16Cl2N2O. The molecule has 2 N–H and O–H groups in total. The van der Waals surface area contributed by atoms with Crippen LogP contribution in [0.2, 0.25) is 10.0 Å². The van der Waals surface area contributed by atoms with E-state index in [4.69, 9.17) is 27.9 Å². The molecule has 0 bridgehead atoms. The van der Waals surface area contributed by atoms with Crippen molar-refractivity contribution in [2.45, 2.75) is 6.42 Å². The van der Waals surface area contributed by atoms with Crippen molar-refractivity contribution in [1.29, 1.82) is 0 Å². The fourth-order valence-corrected chi connectivity index (χ4v) is 1.87. The molecule has 90 valence electrons. The van der Waals surface area contributed by atoms with Gasteiger partial charge in [0.15, 0.2) is 0 Å². The van der Waals surface area contributed by atoms with Crippen LogP contribution in [0.5, 0.6) is 5.75 Å². The van der Waals surface area contributed by atoms with E-state index in [1.165, 1.54) is 0 Å². The van der Waals surface area contributed by atoms with Crippen molar-refractivity contribution in [3.05, 3.63) is 27.7 Å². The third-order valence-corrected chi connectivity index (χ3v) is 3.12. The number of nitrogens with one attached hydrogen (secondary N) is 2. The zero-order valence-corrected chi connectivity index (χ0v) is 11.0. The highest BCUT2D eigenvalue weighted by Gasteiger charge is 2.09. The van der Waals surface area contributed by atoms with Crippen molar-refractivity contribution < 1.29 is 4.74 Å². The maximum Gasteiger partial charge on any atom is 0.138 e. The van der Waals surface area contributed by atoms with Crippen LogP contribution < -0.4 is 15.4 Å². The van der Waals surface area contributed by atoms with Crippen molar-refractivity contribution >= 4 is 23.2 Å². The van der Waals surface area contributed by atoms with Gasteiger partial charge in [0.1, 0.15) is 10.8 Å². The van der Waals surface area contributed by atoms with Crippen LogP contribution in [0.25, 0.3) is 0 Å². The van der Waals surface area contributed by atoms with E-state index in [0.717, 1.165) is 25.2 Å². The zero-order valence-electron chi connectivity index (χ0n) is 9.44. The Morgan fingerprint density at radius 3 is 2.62 bits per heavy atom. The molecule has 0 aliphatic rings. The number of hydrogen-bond donors (Lipinski definition) is 2. The second kappa shape index (κ2) is 6.97. The molecular weight excluding hydrogens is 247 g/mol. The van der Waals surface area contributed by atoms with Crippen molar-refractivity contribution in [1.82, 2.24) is 10.6 Å². The summed E-state index contributed by atoms with van der Waals surface area (Å²) in [6.07, 6.45) is 0.838. The molecule has 0 fully saturated rings. The number of hydrogen-bond acceptors (Lipinski definition) is 3. The summed E-state index contributed by atoms with van der Waals surface area (Å²) in [5.41, 5.74) is 1.02. The summed E-state index contributed by atoms with van der Waals surface area (Å²) < 4.78 is 5.08. The average Bonchev–Trinajstić information content (AvgIpc) is 2.30. The van der Waals surface area contributed by atoms with E-state index in [9.17, 15) is 0 Å². The van der Waals surface area contributed by atoms with Crippen molar-refractivity contribution in [2.24, 2.45) is 0 Å². The van der Waals surface area contributed by atoms with Gasteiger partial charge >= 0.3 is 0 Å². The molecule has 0 aromatic heterocycles. The molecule has 1 aromatic carbocycles. The van der Waals surface area contributed by atoms with E-state index < -0.39 is 0 Å². The normalized spacial score (nSPS) is 10.5. The van der Waals surface area contributed by atoms with Crippen molar-refractivity contribution in [3.8, 4) is 5.75 Å². The molecule has 1 rings (SSSR count). The smallest absolute Gasteiger partial charge is 0.138 e. The quantitative estimate of drug-likeness (QED) is 0.610. The average molecular weight is 263 g/mol. The molecule has 1 aromatic rings. The van der Waals surface area contributed by atoms with Crippen LogP contribution in [0.15, 0.2) is 12.1 Å².